The maximum Gasteiger partial charge on any atom is 0.294 e. The fourth-order valence-electron chi connectivity index (χ4n) is 3.32. The number of carbonyl (C=O) groups excluding carboxylic acids is 1. The molecular weight excluding hydrogens is 462 g/mol. The molecule has 2 aromatic heterocycles. The van der Waals surface area contributed by atoms with Gasteiger partial charge in [0.2, 0.25) is 18.4 Å². The third-order valence-corrected chi connectivity index (χ3v) is 5.03. The highest BCUT2D eigenvalue weighted by Gasteiger charge is 2.26. The smallest absolute Gasteiger partial charge is 0.294 e. The molecule has 0 unspecified atom stereocenters. The molecule has 2 aromatic carbocycles. The Kier molecular flexibility index (Phi) is 5.25. The fourth-order valence-corrected chi connectivity index (χ4v) is 3.32. The van der Waals surface area contributed by atoms with Crippen molar-refractivity contribution in [1.82, 2.24) is 30.7 Å². The Bertz CT molecular complexity index is 1490. The van der Waals surface area contributed by atoms with Gasteiger partial charge >= 0.3 is 0 Å². The van der Waals surface area contributed by atoms with Gasteiger partial charge < -0.3 is 15.2 Å². The van der Waals surface area contributed by atoms with E-state index in [0.29, 0.717) is 22.8 Å². The number of anilines is 1. The van der Waals surface area contributed by atoms with Gasteiger partial charge in [-0.3, -0.25) is 14.9 Å². The molecule has 0 saturated heterocycles. The summed E-state index contributed by atoms with van der Waals surface area (Å²) in [5.74, 6) is 0.291. The molecule has 3 heterocycles. The number of benzene rings is 2. The molecule has 0 atom stereocenters. The number of rotatable bonds is 6. The molecule has 0 bridgehead atoms. The van der Waals surface area contributed by atoms with E-state index in [2.05, 4.69) is 35.8 Å². The predicted molar refractivity (Wildman–Crippen MR) is 118 cm³/mol. The maximum atomic E-state index is 13.0. The minimum absolute atomic E-state index is 0.0434. The number of hydrogen-bond donors (Lipinski definition) is 2. The molecule has 5 rings (SSSR count). The van der Waals surface area contributed by atoms with Gasteiger partial charge in [-0.15, -0.1) is 5.10 Å². The van der Waals surface area contributed by atoms with Crippen molar-refractivity contribution in [3.8, 4) is 28.6 Å². The molecule has 1 amide bonds. The van der Waals surface area contributed by atoms with Gasteiger partial charge in [0.05, 0.1) is 10.6 Å². The highest BCUT2D eigenvalue weighted by atomic mass is 16.7. The lowest BCUT2D eigenvalue weighted by Gasteiger charge is -2.06. The van der Waals surface area contributed by atoms with Crippen molar-refractivity contribution in [2.45, 2.75) is 6.92 Å². The average Bonchev–Trinajstić information content (AvgIpc) is 3.60. The summed E-state index contributed by atoms with van der Waals surface area (Å²) in [4.78, 5) is 23.8. The zero-order valence-electron chi connectivity index (χ0n) is 17.9. The van der Waals surface area contributed by atoms with Crippen LogP contribution in [0.5, 0.6) is 11.5 Å². The van der Waals surface area contributed by atoms with E-state index in [-0.39, 0.29) is 41.1 Å². The molecule has 3 N–H and O–H groups in total. The molecule has 1 aliphatic heterocycles. The standard InChI is InChI=1S/C20H15N9O6/c1-10(11-5-6-14-15(8-11)34-9-33-14)22-24-20(30)16-17(12-3-2-4-13(7-12)29(31)32)28(27-23-16)19-18(21)25-35-26-19/h2-8H,9H2,1H3,(H2,21,25)(H,24,30)/b22-10-. The number of amides is 1. The van der Waals surface area contributed by atoms with Crippen LogP contribution in [0.4, 0.5) is 11.5 Å². The Balaban J connectivity index is 1.51. The minimum Gasteiger partial charge on any atom is -0.454 e. The Labute approximate surface area is 195 Å². The lowest BCUT2D eigenvalue weighted by atomic mass is 10.1. The van der Waals surface area contributed by atoms with Crippen molar-refractivity contribution in [1.29, 1.82) is 0 Å². The van der Waals surface area contributed by atoms with E-state index in [9.17, 15) is 14.9 Å². The zero-order chi connectivity index (χ0) is 24.5. The molecule has 4 aromatic rings. The van der Waals surface area contributed by atoms with Gasteiger partial charge in [0, 0.05) is 23.3 Å². The monoisotopic (exact) mass is 477 g/mol. The van der Waals surface area contributed by atoms with E-state index in [1.54, 1.807) is 31.2 Å². The van der Waals surface area contributed by atoms with Gasteiger partial charge in [-0.2, -0.15) is 9.78 Å². The second kappa shape index (κ2) is 8.54. The van der Waals surface area contributed by atoms with Crippen LogP contribution in [0.2, 0.25) is 0 Å². The van der Waals surface area contributed by atoms with Crippen LogP contribution in [-0.4, -0.2) is 48.6 Å². The summed E-state index contributed by atoms with van der Waals surface area (Å²) in [7, 11) is 0. The highest BCUT2D eigenvalue weighted by Crippen LogP contribution is 2.33. The Hall–Kier alpha value is -5.34. The lowest BCUT2D eigenvalue weighted by molar-refractivity contribution is -0.384. The topological polar surface area (TPSA) is 199 Å². The predicted octanol–water partition coefficient (Wildman–Crippen LogP) is 1.69. The summed E-state index contributed by atoms with van der Waals surface area (Å²) in [6.45, 7) is 1.82. The minimum atomic E-state index is -0.729. The molecule has 176 valence electrons. The first-order chi connectivity index (χ1) is 16.9. The number of fused-ring (bicyclic) bond motifs is 1. The van der Waals surface area contributed by atoms with Crippen molar-refractivity contribution in [3.05, 3.63) is 63.8 Å². The molecule has 1 aliphatic rings. The third-order valence-electron chi connectivity index (χ3n) is 5.03. The summed E-state index contributed by atoms with van der Waals surface area (Å²) in [5.41, 5.74) is 9.31. The van der Waals surface area contributed by atoms with Gasteiger partial charge in [-0.25, -0.2) is 10.1 Å². The zero-order valence-corrected chi connectivity index (χ0v) is 17.9. The number of hydrazone groups is 1. The van der Waals surface area contributed by atoms with Crippen LogP contribution in [0.3, 0.4) is 0 Å². The van der Waals surface area contributed by atoms with Crippen molar-refractivity contribution in [2.24, 2.45) is 5.10 Å². The van der Waals surface area contributed by atoms with Gasteiger partial charge in [0.15, 0.2) is 17.2 Å². The molecule has 15 nitrogen and oxygen atoms in total. The molecule has 0 radical (unpaired) electrons. The summed E-state index contributed by atoms with van der Waals surface area (Å²) in [6, 6.07) is 10.8. The first-order valence-electron chi connectivity index (χ1n) is 9.96. The Morgan fingerprint density at radius 1 is 1.20 bits per heavy atom. The van der Waals surface area contributed by atoms with E-state index in [1.807, 2.05) is 0 Å². The number of nitrogen functional groups attached to an aromatic ring is 1. The van der Waals surface area contributed by atoms with Crippen LogP contribution in [0.1, 0.15) is 23.0 Å². The number of nitrogens with two attached hydrogens (primary N) is 1. The number of nitro groups is 1. The molecular formula is C20H15N9O6. The summed E-state index contributed by atoms with van der Waals surface area (Å²) in [6.07, 6.45) is 0. The maximum absolute atomic E-state index is 13.0. The molecule has 0 spiro atoms. The van der Waals surface area contributed by atoms with E-state index < -0.39 is 10.8 Å². The number of carbonyl (C=O) groups is 1. The normalized spacial score (nSPS) is 12.5. The van der Waals surface area contributed by atoms with E-state index in [4.69, 9.17) is 15.2 Å². The average molecular weight is 477 g/mol. The van der Waals surface area contributed by atoms with E-state index in [1.165, 1.54) is 18.2 Å². The number of nitrogens with zero attached hydrogens (tertiary/aromatic N) is 7. The number of ether oxygens (including phenoxy) is 2. The quantitative estimate of drug-likeness (QED) is 0.233. The van der Waals surface area contributed by atoms with Crippen LogP contribution in [0.25, 0.3) is 17.1 Å². The Morgan fingerprint density at radius 3 is 2.80 bits per heavy atom. The van der Waals surface area contributed by atoms with Crippen LogP contribution >= 0.6 is 0 Å². The summed E-state index contributed by atoms with van der Waals surface area (Å²) < 4.78 is 16.4. The molecule has 15 heteroatoms. The Morgan fingerprint density at radius 2 is 2.03 bits per heavy atom. The largest absolute Gasteiger partial charge is 0.454 e. The van der Waals surface area contributed by atoms with Crippen LogP contribution in [0.15, 0.2) is 52.2 Å². The summed E-state index contributed by atoms with van der Waals surface area (Å²) in [5, 5.41) is 30.4. The van der Waals surface area contributed by atoms with Gasteiger partial charge in [0.25, 0.3) is 11.6 Å². The van der Waals surface area contributed by atoms with Crippen molar-refractivity contribution in [2.75, 3.05) is 12.5 Å². The second-order valence-electron chi connectivity index (χ2n) is 7.19. The van der Waals surface area contributed by atoms with Crippen LogP contribution in [0, 0.1) is 10.1 Å². The number of non-ortho nitro benzene ring substituents is 1. The molecule has 35 heavy (non-hydrogen) atoms. The lowest BCUT2D eigenvalue weighted by Crippen LogP contribution is -2.21. The molecule has 0 fully saturated rings. The van der Waals surface area contributed by atoms with Crippen molar-refractivity contribution < 1.29 is 23.8 Å². The van der Waals surface area contributed by atoms with E-state index in [0.717, 1.165) is 4.68 Å². The SMILES string of the molecule is C/C(=N/NC(=O)c1nnn(-c2nonc2N)c1-c1cccc([N+](=O)[O-])c1)c1ccc2c(c1)OCO2. The molecule has 0 aliphatic carbocycles. The van der Waals surface area contributed by atoms with Gasteiger partial charge in [-0.05, 0) is 35.4 Å². The summed E-state index contributed by atoms with van der Waals surface area (Å²) >= 11 is 0. The van der Waals surface area contributed by atoms with Gasteiger partial charge in [0.1, 0.15) is 5.69 Å². The number of nitro benzene ring substituents is 1. The van der Waals surface area contributed by atoms with Crippen LogP contribution < -0.4 is 20.6 Å². The number of hydrogen-bond acceptors (Lipinski definition) is 12. The van der Waals surface area contributed by atoms with Crippen molar-refractivity contribution in [3.63, 3.8) is 0 Å². The number of nitrogens with one attached hydrogen (secondary N) is 1. The third kappa shape index (κ3) is 3.97. The van der Waals surface area contributed by atoms with Crippen molar-refractivity contribution >= 4 is 23.1 Å². The van der Waals surface area contributed by atoms with Crippen LogP contribution in [-0.2, 0) is 0 Å². The fraction of sp³-hybridized carbons (Fsp3) is 0.100. The van der Waals surface area contributed by atoms with E-state index >= 15 is 0 Å². The second-order valence-corrected chi connectivity index (χ2v) is 7.19. The first kappa shape index (κ1) is 21.5. The number of aromatic nitrogens is 5. The highest BCUT2D eigenvalue weighted by molar-refractivity contribution is 6.02. The van der Waals surface area contributed by atoms with Gasteiger partial charge in [-0.1, -0.05) is 17.3 Å². The molecule has 0 saturated carbocycles. The first-order valence-corrected chi connectivity index (χ1v) is 9.96.